The second-order valence-corrected chi connectivity index (χ2v) is 12.3. The number of nitrogens with two attached hydrogens (primary N) is 1. The molecule has 0 bridgehead atoms. The average Bonchev–Trinajstić information content (AvgIpc) is 3.63. The number of hydrogen-bond donors (Lipinski definition) is 2. The van der Waals surface area contributed by atoms with Gasteiger partial charge in [-0.05, 0) is 89.1 Å². The molecule has 0 saturated carbocycles. The van der Waals surface area contributed by atoms with Gasteiger partial charge in [0.2, 0.25) is 0 Å². The van der Waals surface area contributed by atoms with E-state index in [9.17, 15) is 13.2 Å². The molecular formula is C29H40F3N7O. The lowest BCUT2D eigenvalue weighted by Gasteiger charge is -2.36. The number of ether oxygens (including phenoxy) is 1. The van der Waals surface area contributed by atoms with Gasteiger partial charge in [0.05, 0.1) is 22.5 Å². The molecule has 3 atom stereocenters. The molecular weight excluding hydrogens is 519 g/mol. The van der Waals surface area contributed by atoms with Gasteiger partial charge in [-0.3, -0.25) is 4.90 Å². The number of aryl methyl sites for hydroxylation is 1. The zero-order valence-electron chi connectivity index (χ0n) is 23.7. The number of likely N-dealkylation sites (N-methyl/N-ethyl adjacent to an activating group) is 1. The number of rotatable bonds is 6. The third-order valence-corrected chi connectivity index (χ3v) is 9.77. The fourth-order valence-electron chi connectivity index (χ4n) is 7.63. The first kappa shape index (κ1) is 27.5. The molecule has 1 aliphatic carbocycles. The summed E-state index contributed by atoms with van der Waals surface area (Å²) in [5.74, 6) is 0.366. The largest absolute Gasteiger partial charge is 0.461 e. The molecule has 0 unspecified atom stereocenters. The molecule has 3 N–H and O–H groups in total. The van der Waals surface area contributed by atoms with Crippen molar-refractivity contribution in [2.75, 3.05) is 50.5 Å². The van der Waals surface area contributed by atoms with E-state index in [2.05, 4.69) is 27.1 Å². The average molecular weight is 560 g/mol. The van der Waals surface area contributed by atoms with Crippen molar-refractivity contribution < 1.29 is 17.9 Å². The number of anilines is 2. The van der Waals surface area contributed by atoms with Crippen molar-refractivity contribution in [2.24, 2.45) is 5.92 Å². The first-order valence-electron chi connectivity index (χ1n) is 14.6. The second-order valence-electron chi connectivity index (χ2n) is 12.3. The van der Waals surface area contributed by atoms with Crippen LogP contribution in [0.2, 0.25) is 0 Å². The quantitative estimate of drug-likeness (QED) is 0.547. The molecule has 0 aromatic carbocycles. The van der Waals surface area contributed by atoms with E-state index >= 15 is 0 Å². The van der Waals surface area contributed by atoms with Crippen molar-refractivity contribution in [3.8, 4) is 6.01 Å². The van der Waals surface area contributed by atoms with Crippen molar-refractivity contribution in [3.05, 3.63) is 34.1 Å². The molecule has 0 radical (unpaired) electrons. The predicted octanol–water partition coefficient (Wildman–Crippen LogP) is 4.10. The van der Waals surface area contributed by atoms with Gasteiger partial charge in [-0.15, -0.1) is 0 Å². The van der Waals surface area contributed by atoms with E-state index in [1.165, 1.54) is 25.8 Å². The summed E-state index contributed by atoms with van der Waals surface area (Å²) in [6, 6.07) is 1.91. The summed E-state index contributed by atoms with van der Waals surface area (Å²) in [5, 5.41) is 3.42. The van der Waals surface area contributed by atoms with Crippen LogP contribution in [0.1, 0.15) is 73.0 Å². The number of alkyl halides is 3. The van der Waals surface area contributed by atoms with Gasteiger partial charge in [-0.1, -0.05) is 6.92 Å². The Labute approximate surface area is 233 Å². The summed E-state index contributed by atoms with van der Waals surface area (Å²) >= 11 is 0. The zero-order chi connectivity index (χ0) is 28.2. The van der Waals surface area contributed by atoms with Crippen molar-refractivity contribution in [3.63, 3.8) is 0 Å². The SMILES string of the molecule is Cc1cc(N)nc([C@H]2Cc3nc(OCC45CCCN4CCC5)nc(N(C)[C@@H]4CCNC4)c3C[C@@H]2C)c1C(F)(F)F. The number of nitrogen functional groups attached to an aromatic ring is 1. The van der Waals surface area contributed by atoms with Crippen LogP contribution in [0.3, 0.4) is 0 Å². The molecule has 3 fully saturated rings. The Morgan fingerprint density at radius 1 is 1.18 bits per heavy atom. The maximum atomic E-state index is 14.2. The molecule has 11 heteroatoms. The molecule has 218 valence electrons. The van der Waals surface area contributed by atoms with E-state index in [-0.39, 0.29) is 34.6 Å². The smallest absolute Gasteiger partial charge is 0.418 e. The standard InChI is InChI=1S/C29H40F3N7O/c1-17-12-21-22(14-20(17)25-24(29(30,31)32)18(2)13-23(33)36-25)35-27(37-26(21)38(3)19-6-9-34-15-19)40-16-28-7-4-10-39(28)11-5-8-28/h13,17,19-20,34H,4-12,14-16H2,1-3H3,(H2,33,36)/t17-,19+,20-/m0/s1. The fourth-order valence-corrected chi connectivity index (χ4v) is 7.63. The molecule has 2 aromatic heterocycles. The van der Waals surface area contributed by atoms with Crippen LogP contribution in [0, 0.1) is 12.8 Å². The van der Waals surface area contributed by atoms with E-state index in [1.54, 1.807) is 0 Å². The second kappa shape index (κ2) is 10.3. The summed E-state index contributed by atoms with van der Waals surface area (Å²) in [7, 11) is 2.06. The summed E-state index contributed by atoms with van der Waals surface area (Å²) < 4.78 is 49.1. The maximum Gasteiger partial charge on any atom is 0.418 e. The van der Waals surface area contributed by atoms with Gasteiger partial charge in [0, 0.05) is 31.1 Å². The molecule has 0 spiro atoms. The molecule has 6 rings (SSSR count). The van der Waals surface area contributed by atoms with Crippen molar-refractivity contribution in [1.29, 1.82) is 0 Å². The molecule has 3 aliphatic heterocycles. The first-order chi connectivity index (χ1) is 19.1. The van der Waals surface area contributed by atoms with E-state index in [0.717, 1.165) is 62.5 Å². The van der Waals surface area contributed by atoms with Crippen LogP contribution < -0.4 is 20.7 Å². The molecule has 3 saturated heterocycles. The van der Waals surface area contributed by atoms with Gasteiger partial charge in [-0.2, -0.15) is 23.1 Å². The third-order valence-electron chi connectivity index (χ3n) is 9.77. The van der Waals surface area contributed by atoms with Crippen molar-refractivity contribution in [2.45, 2.75) is 82.5 Å². The highest BCUT2D eigenvalue weighted by atomic mass is 19.4. The molecule has 5 heterocycles. The Bertz CT molecular complexity index is 1250. The number of fused-ring (bicyclic) bond motifs is 2. The molecule has 2 aromatic rings. The number of hydrogen-bond acceptors (Lipinski definition) is 8. The molecule has 4 aliphatic rings. The maximum absolute atomic E-state index is 14.2. The minimum atomic E-state index is -4.52. The number of pyridine rings is 1. The highest BCUT2D eigenvalue weighted by Crippen LogP contribution is 2.45. The Balaban J connectivity index is 1.38. The Morgan fingerprint density at radius 2 is 1.93 bits per heavy atom. The normalized spacial score (nSPS) is 26.1. The van der Waals surface area contributed by atoms with Gasteiger partial charge in [0.1, 0.15) is 18.2 Å². The lowest BCUT2D eigenvalue weighted by Crippen LogP contribution is -2.43. The predicted molar refractivity (Wildman–Crippen MR) is 148 cm³/mol. The summed E-state index contributed by atoms with van der Waals surface area (Å²) in [6.45, 7) is 8.00. The number of aromatic nitrogens is 3. The van der Waals surface area contributed by atoms with Crippen molar-refractivity contribution >= 4 is 11.6 Å². The minimum Gasteiger partial charge on any atom is -0.461 e. The summed E-state index contributed by atoms with van der Waals surface area (Å²) in [5.41, 5.74) is 7.22. The Hall–Kier alpha value is -2.66. The van der Waals surface area contributed by atoms with Gasteiger partial charge in [0.25, 0.3) is 0 Å². The number of nitrogens with zero attached hydrogens (tertiary/aromatic N) is 5. The van der Waals surface area contributed by atoms with Crippen LogP contribution in [0.4, 0.5) is 24.8 Å². The zero-order valence-corrected chi connectivity index (χ0v) is 23.7. The number of halogens is 3. The van der Waals surface area contributed by atoms with E-state index < -0.39 is 17.7 Å². The van der Waals surface area contributed by atoms with E-state index in [4.69, 9.17) is 20.4 Å². The van der Waals surface area contributed by atoms with E-state index in [1.807, 2.05) is 6.92 Å². The topological polar surface area (TPSA) is 92.4 Å². The van der Waals surface area contributed by atoms with Crippen LogP contribution in [-0.4, -0.2) is 71.3 Å². The highest BCUT2D eigenvalue weighted by Gasteiger charge is 2.45. The van der Waals surface area contributed by atoms with Gasteiger partial charge < -0.3 is 20.7 Å². The minimum absolute atomic E-state index is 0.0190. The third kappa shape index (κ3) is 4.89. The monoisotopic (exact) mass is 559 g/mol. The van der Waals surface area contributed by atoms with Crippen LogP contribution in [0.5, 0.6) is 6.01 Å². The summed E-state index contributed by atoms with van der Waals surface area (Å²) in [4.78, 5) is 18.8. The van der Waals surface area contributed by atoms with E-state index in [0.29, 0.717) is 25.5 Å². The number of nitrogens with one attached hydrogen (secondary N) is 1. The molecule has 40 heavy (non-hydrogen) atoms. The first-order valence-corrected chi connectivity index (χ1v) is 14.6. The molecule has 8 nitrogen and oxygen atoms in total. The van der Waals surface area contributed by atoms with Crippen LogP contribution in [0.25, 0.3) is 0 Å². The highest BCUT2D eigenvalue weighted by molar-refractivity contribution is 5.53. The van der Waals surface area contributed by atoms with Crippen LogP contribution >= 0.6 is 0 Å². The van der Waals surface area contributed by atoms with Crippen LogP contribution in [-0.2, 0) is 19.0 Å². The Morgan fingerprint density at radius 3 is 2.60 bits per heavy atom. The lowest BCUT2D eigenvalue weighted by molar-refractivity contribution is -0.139. The van der Waals surface area contributed by atoms with Gasteiger partial charge in [-0.25, -0.2) is 4.98 Å². The van der Waals surface area contributed by atoms with Crippen molar-refractivity contribution in [1.82, 2.24) is 25.2 Å². The lowest BCUT2D eigenvalue weighted by atomic mass is 9.75. The van der Waals surface area contributed by atoms with Gasteiger partial charge in [0.15, 0.2) is 0 Å². The van der Waals surface area contributed by atoms with Gasteiger partial charge >= 0.3 is 12.2 Å². The summed E-state index contributed by atoms with van der Waals surface area (Å²) in [6.07, 6.45) is 1.94. The molecule has 0 amide bonds. The fraction of sp³-hybridized carbons (Fsp3) is 0.690. The Kier molecular flexibility index (Phi) is 7.09. The van der Waals surface area contributed by atoms with Crippen LogP contribution in [0.15, 0.2) is 6.07 Å².